The van der Waals surface area contributed by atoms with Gasteiger partial charge in [-0.25, -0.2) is 0 Å². The molecule has 25 heavy (non-hydrogen) atoms. The second kappa shape index (κ2) is 6.43. The Balaban J connectivity index is 2.43. The second-order valence-corrected chi connectivity index (χ2v) is 9.67. The molecule has 0 radical (unpaired) electrons. The lowest BCUT2D eigenvalue weighted by Crippen LogP contribution is -2.66. The number of thioether (sulfide) groups is 1. The van der Waals surface area contributed by atoms with Crippen molar-refractivity contribution in [3.63, 3.8) is 0 Å². The fraction of sp³-hybridized carbons (Fsp3) is 0.722. The number of amides is 1. The first kappa shape index (κ1) is 20.0. The Morgan fingerprint density at radius 3 is 2.08 bits per heavy atom. The van der Waals surface area contributed by atoms with Crippen LogP contribution in [0.15, 0.2) is 11.3 Å². The lowest BCUT2D eigenvalue weighted by atomic mass is 9.85. The number of methoxy groups -OCH3 is 1. The first-order chi connectivity index (χ1) is 11.3. The summed E-state index contributed by atoms with van der Waals surface area (Å²) in [5.74, 6) is -0.720. The summed E-state index contributed by atoms with van der Waals surface area (Å²) >= 11 is 1.33. The molecule has 0 aliphatic carbocycles. The van der Waals surface area contributed by atoms with Gasteiger partial charge in [0.25, 0.3) is 5.91 Å². The van der Waals surface area contributed by atoms with Gasteiger partial charge in [-0.15, -0.1) is 0 Å². The molecule has 2 aliphatic heterocycles. The zero-order chi connectivity index (χ0) is 19.3. The third-order valence-electron chi connectivity index (χ3n) is 4.20. The summed E-state index contributed by atoms with van der Waals surface area (Å²) in [6.45, 7) is 12.5. The van der Waals surface area contributed by atoms with Gasteiger partial charge in [-0.1, -0.05) is 32.5 Å². The van der Waals surface area contributed by atoms with Crippen molar-refractivity contribution in [3.05, 3.63) is 11.3 Å². The molecule has 0 saturated carbocycles. The summed E-state index contributed by atoms with van der Waals surface area (Å²) in [4.78, 5) is 39.2. The summed E-state index contributed by atoms with van der Waals surface area (Å²) in [6.07, 6.45) is -0.628. The number of fused-ring (bicyclic) bond motifs is 1. The van der Waals surface area contributed by atoms with Crippen LogP contribution in [0.3, 0.4) is 0 Å². The van der Waals surface area contributed by atoms with E-state index in [1.54, 1.807) is 48.5 Å². The summed E-state index contributed by atoms with van der Waals surface area (Å²) in [7, 11) is 1.47. The van der Waals surface area contributed by atoms with Crippen molar-refractivity contribution in [2.45, 2.75) is 65.4 Å². The number of Topliss-reactive ketones (excluding diaryl/α,β-unsaturated/α-hetero) is 1. The van der Waals surface area contributed by atoms with Gasteiger partial charge in [0.05, 0.1) is 11.1 Å². The maximum atomic E-state index is 12.9. The monoisotopic (exact) mass is 369 g/mol. The minimum Gasteiger partial charge on any atom is -0.446 e. The van der Waals surface area contributed by atoms with Crippen molar-refractivity contribution in [2.24, 2.45) is 10.8 Å². The highest BCUT2D eigenvalue weighted by Crippen LogP contribution is 2.47. The summed E-state index contributed by atoms with van der Waals surface area (Å²) in [5.41, 5.74) is -0.981. The van der Waals surface area contributed by atoms with Gasteiger partial charge in [-0.05, 0) is 27.7 Å². The van der Waals surface area contributed by atoms with E-state index < -0.39 is 22.4 Å². The Hall–Kier alpha value is -1.34. The third-order valence-corrected chi connectivity index (χ3v) is 5.64. The van der Waals surface area contributed by atoms with Crippen LogP contribution >= 0.6 is 11.8 Å². The van der Waals surface area contributed by atoms with Crippen LogP contribution in [0.2, 0.25) is 0 Å². The molecule has 6 nitrogen and oxygen atoms in total. The highest BCUT2D eigenvalue weighted by molar-refractivity contribution is 8.00. The Morgan fingerprint density at radius 2 is 1.64 bits per heavy atom. The highest BCUT2D eigenvalue weighted by Gasteiger charge is 2.57. The predicted molar refractivity (Wildman–Crippen MR) is 95.5 cm³/mol. The number of ether oxygens (including phenoxy) is 2. The number of nitrogens with zero attached hydrogens (tertiary/aromatic N) is 1. The van der Waals surface area contributed by atoms with E-state index in [-0.39, 0.29) is 23.0 Å². The lowest BCUT2D eigenvalue weighted by molar-refractivity contribution is -0.161. The van der Waals surface area contributed by atoms with Crippen molar-refractivity contribution in [1.82, 2.24) is 4.90 Å². The van der Waals surface area contributed by atoms with E-state index in [0.717, 1.165) is 0 Å². The Bertz CT molecular complexity index is 641. The molecule has 0 bridgehead atoms. The van der Waals surface area contributed by atoms with Crippen molar-refractivity contribution in [1.29, 1.82) is 0 Å². The van der Waals surface area contributed by atoms with E-state index in [9.17, 15) is 14.4 Å². The van der Waals surface area contributed by atoms with Gasteiger partial charge in [-0.2, -0.15) is 0 Å². The van der Waals surface area contributed by atoms with Crippen molar-refractivity contribution >= 4 is 29.4 Å². The van der Waals surface area contributed by atoms with Gasteiger partial charge in [-0.3, -0.25) is 19.3 Å². The minimum absolute atomic E-state index is 0.144. The summed E-state index contributed by atoms with van der Waals surface area (Å²) < 4.78 is 10.9. The van der Waals surface area contributed by atoms with Crippen LogP contribution in [0.4, 0.5) is 0 Å². The van der Waals surface area contributed by atoms with E-state index in [1.165, 1.54) is 23.8 Å². The van der Waals surface area contributed by atoms with Crippen LogP contribution in [0, 0.1) is 10.8 Å². The Kier molecular flexibility index (Phi) is 5.14. The average Bonchev–Trinajstić information content (AvgIpc) is 2.47. The molecule has 140 valence electrons. The minimum atomic E-state index is -0.653. The number of hydrogen-bond donors (Lipinski definition) is 0. The van der Waals surface area contributed by atoms with Gasteiger partial charge in [0.1, 0.15) is 5.37 Å². The van der Waals surface area contributed by atoms with Crippen LogP contribution in [-0.4, -0.2) is 46.6 Å². The zero-order valence-electron chi connectivity index (χ0n) is 16.1. The van der Waals surface area contributed by atoms with Crippen molar-refractivity contribution < 1.29 is 23.9 Å². The molecule has 0 aromatic heterocycles. The highest BCUT2D eigenvalue weighted by atomic mass is 32.2. The second-order valence-electron chi connectivity index (χ2n) is 8.49. The van der Waals surface area contributed by atoms with E-state index in [4.69, 9.17) is 9.47 Å². The molecule has 7 heteroatoms. The zero-order valence-corrected chi connectivity index (χ0v) is 16.9. The Morgan fingerprint density at radius 1 is 1.08 bits per heavy atom. The molecule has 0 spiro atoms. The smallest absolute Gasteiger partial charge is 0.312 e. The van der Waals surface area contributed by atoms with Crippen LogP contribution in [0.1, 0.15) is 48.5 Å². The van der Waals surface area contributed by atoms with E-state index >= 15 is 0 Å². The Labute approximate surface area is 153 Å². The number of β-lactam (4-membered cyclic amide) rings is 1. The van der Waals surface area contributed by atoms with Gasteiger partial charge in [0, 0.05) is 18.1 Å². The number of carbonyl (C=O) groups is 3. The van der Waals surface area contributed by atoms with Crippen LogP contribution < -0.4 is 0 Å². The molecule has 1 fully saturated rings. The molecular formula is C18H27NO5S. The molecule has 1 unspecified atom stereocenters. The molecule has 1 amide bonds. The van der Waals surface area contributed by atoms with E-state index in [2.05, 4.69) is 0 Å². The lowest BCUT2D eigenvalue weighted by Gasteiger charge is -2.51. The largest absolute Gasteiger partial charge is 0.446 e. The summed E-state index contributed by atoms with van der Waals surface area (Å²) in [6, 6.07) is 0. The topological polar surface area (TPSA) is 72.9 Å². The van der Waals surface area contributed by atoms with Gasteiger partial charge in [0.15, 0.2) is 17.3 Å². The molecule has 0 aromatic carbocycles. The molecule has 1 saturated heterocycles. The predicted octanol–water partition coefficient (Wildman–Crippen LogP) is 2.72. The van der Waals surface area contributed by atoms with Crippen LogP contribution in [0.25, 0.3) is 0 Å². The summed E-state index contributed by atoms with van der Waals surface area (Å²) in [5, 5.41) is -0.361. The van der Waals surface area contributed by atoms with Gasteiger partial charge < -0.3 is 9.47 Å². The number of allylic oxidation sites excluding steroid dienone is 1. The maximum absolute atomic E-state index is 12.9. The molecule has 0 aromatic rings. The molecule has 2 rings (SSSR count). The maximum Gasteiger partial charge on any atom is 0.312 e. The first-order valence-corrected chi connectivity index (χ1v) is 9.23. The van der Waals surface area contributed by atoms with Crippen molar-refractivity contribution in [3.8, 4) is 0 Å². The number of ketones is 1. The molecule has 2 aliphatic rings. The van der Waals surface area contributed by atoms with E-state index in [0.29, 0.717) is 11.3 Å². The first-order valence-electron chi connectivity index (χ1n) is 8.28. The SMILES string of the molecule is CO[C@H]1C(=O)N2C(C(=O)C(C)(C)C)=C(C)C(OC(=O)C(C)(C)C)S[C@H]12. The number of carbonyl (C=O) groups excluding carboxylic acids is 3. The van der Waals surface area contributed by atoms with Gasteiger partial charge in [0.2, 0.25) is 0 Å². The number of rotatable bonds is 3. The standard InChI is InChI=1S/C18H27NO5S/c1-9-10(12(20)17(2,3)4)19-13(21)11(23-8)14(19)25-15(9)24-16(22)18(5,6)7/h11,14-15H,1-8H3/t11-,14+,15?/m0/s1. The third kappa shape index (κ3) is 3.49. The molecule has 3 atom stereocenters. The average molecular weight is 369 g/mol. The fourth-order valence-corrected chi connectivity index (χ4v) is 4.00. The number of hydrogen-bond acceptors (Lipinski definition) is 6. The molecular weight excluding hydrogens is 342 g/mol. The quantitative estimate of drug-likeness (QED) is 0.563. The normalized spacial score (nSPS) is 27.0. The molecule has 2 heterocycles. The van der Waals surface area contributed by atoms with Gasteiger partial charge >= 0.3 is 5.97 Å². The fourth-order valence-electron chi connectivity index (χ4n) is 2.59. The molecule has 0 N–H and O–H groups in total. The van der Waals surface area contributed by atoms with Crippen LogP contribution in [-0.2, 0) is 23.9 Å². The van der Waals surface area contributed by atoms with E-state index in [1.807, 2.05) is 0 Å². The van der Waals surface area contributed by atoms with Crippen LogP contribution in [0.5, 0.6) is 0 Å². The number of esters is 1. The van der Waals surface area contributed by atoms with Crippen molar-refractivity contribution in [2.75, 3.05) is 7.11 Å².